The molecule has 0 radical (unpaired) electrons. The second-order valence-corrected chi connectivity index (χ2v) is 4.37. The van der Waals surface area contributed by atoms with Gasteiger partial charge >= 0.3 is 0 Å². The van der Waals surface area contributed by atoms with Crippen LogP contribution in [-0.4, -0.2) is 13.1 Å². The number of benzene rings is 1. The fourth-order valence-corrected chi connectivity index (χ4v) is 2.26. The van der Waals surface area contributed by atoms with Crippen molar-refractivity contribution >= 4 is 37.5 Å². The Morgan fingerprint density at radius 1 is 1.23 bits per heavy atom. The Bertz CT molecular complexity index is 256. The van der Waals surface area contributed by atoms with Crippen LogP contribution in [0.25, 0.3) is 0 Å². The molecule has 0 aliphatic carbocycles. The second kappa shape index (κ2) is 5.62. The highest BCUT2D eigenvalue weighted by Gasteiger charge is 2.02. The van der Waals surface area contributed by atoms with Gasteiger partial charge in [0.1, 0.15) is 0 Å². The van der Waals surface area contributed by atoms with Crippen LogP contribution >= 0.6 is 31.9 Å². The maximum Gasteiger partial charge on any atom is 0.0628 e. The summed E-state index contributed by atoms with van der Waals surface area (Å²) in [6.45, 7) is 1.62. The summed E-state index contributed by atoms with van der Waals surface area (Å²) < 4.78 is 2.14. The Hall–Kier alpha value is -0.0600. The molecule has 0 spiro atoms. The van der Waals surface area contributed by atoms with Crippen molar-refractivity contribution in [2.45, 2.75) is 6.42 Å². The summed E-state index contributed by atoms with van der Waals surface area (Å²) in [4.78, 5) is 0. The van der Waals surface area contributed by atoms with Gasteiger partial charge in [-0.2, -0.15) is 0 Å². The van der Waals surface area contributed by atoms with Crippen LogP contribution in [0.5, 0.6) is 0 Å². The molecule has 2 nitrogen and oxygen atoms in total. The van der Waals surface area contributed by atoms with Crippen molar-refractivity contribution in [1.29, 1.82) is 0 Å². The van der Waals surface area contributed by atoms with E-state index in [1.54, 1.807) is 0 Å². The van der Waals surface area contributed by atoms with E-state index in [1.165, 1.54) is 0 Å². The molecule has 1 aromatic rings. The maximum atomic E-state index is 5.41. The molecule has 0 aliphatic rings. The first-order valence-electron chi connectivity index (χ1n) is 4.13. The van der Waals surface area contributed by atoms with Crippen molar-refractivity contribution in [3.05, 3.63) is 27.1 Å². The smallest absolute Gasteiger partial charge is 0.0628 e. The molecule has 72 valence electrons. The highest BCUT2D eigenvalue weighted by Crippen LogP contribution is 2.30. The minimum Gasteiger partial charge on any atom is -0.383 e. The zero-order valence-electron chi connectivity index (χ0n) is 7.19. The molecule has 13 heavy (non-hydrogen) atoms. The normalized spacial score (nSPS) is 10.1. The Balaban J connectivity index is 2.64. The van der Waals surface area contributed by atoms with Gasteiger partial charge in [0, 0.05) is 15.5 Å². The second-order valence-electron chi connectivity index (χ2n) is 2.67. The molecule has 0 atom stereocenters. The third-order valence-electron chi connectivity index (χ3n) is 1.65. The summed E-state index contributed by atoms with van der Waals surface area (Å²) in [5, 5.41) is 3.31. The standard InChI is InChI=1S/C9H12Br2N2/c10-7-3-1-4-8(11)9(7)13-6-2-5-12/h1,3-4,13H,2,5-6,12H2. The van der Waals surface area contributed by atoms with Crippen LogP contribution < -0.4 is 11.1 Å². The van der Waals surface area contributed by atoms with Gasteiger partial charge in [-0.25, -0.2) is 0 Å². The molecule has 0 saturated heterocycles. The molecule has 0 amide bonds. The van der Waals surface area contributed by atoms with Gasteiger partial charge in [-0.15, -0.1) is 0 Å². The van der Waals surface area contributed by atoms with Crippen molar-refractivity contribution in [2.24, 2.45) is 5.73 Å². The van der Waals surface area contributed by atoms with Gasteiger partial charge in [0.25, 0.3) is 0 Å². The molecule has 3 N–H and O–H groups in total. The SMILES string of the molecule is NCCCNc1c(Br)cccc1Br. The molecule has 0 aliphatic heterocycles. The average Bonchev–Trinajstić information content (AvgIpc) is 2.10. The van der Waals surface area contributed by atoms with E-state index in [4.69, 9.17) is 5.73 Å². The number of rotatable bonds is 4. The predicted molar refractivity (Wildman–Crippen MR) is 64.0 cm³/mol. The summed E-state index contributed by atoms with van der Waals surface area (Å²) in [7, 11) is 0. The van der Waals surface area contributed by atoms with Gasteiger partial charge in [0.2, 0.25) is 0 Å². The number of hydrogen-bond acceptors (Lipinski definition) is 2. The molecule has 1 aromatic carbocycles. The van der Waals surface area contributed by atoms with Crippen molar-refractivity contribution < 1.29 is 0 Å². The summed E-state index contributed by atoms with van der Waals surface area (Å²) in [6.07, 6.45) is 0.980. The maximum absolute atomic E-state index is 5.41. The van der Waals surface area contributed by atoms with E-state index in [0.29, 0.717) is 0 Å². The Kier molecular flexibility index (Phi) is 4.77. The number of nitrogens with two attached hydrogens (primary N) is 1. The zero-order chi connectivity index (χ0) is 9.68. The highest BCUT2D eigenvalue weighted by atomic mass is 79.9. The predicted octanol–water partition coefficient (Wildman–Crippen LogP) is 2.97. The average molecular weight is 308 g/mol. The van der Waals surface area contributed by atoms with Gasteiger partial charge < -0.3 is 11.1 Å². The van der Waals surface area contributed by atoms with Crippen molar-refractivity contribution in [2.75, 3.05) is 18.4 Å². The summed E-state index contributed by atoms with van der Waals surface area (Å²) in [5.74, 6) is 0. The fraction of sp³-hybridized carbons (Fsp3) is 0.333. The molecule has 0 unspecified atom stereocenters. The number of hydrogen-bond donors (Lipinski definition) is 2. The number of nitrogens with one attached hydrogen (secondary N) is 1. The largest absolute Gasteiger partial charge is 0.383 e. The Morgan fingerprint density at radius 2 is 1.85 bits per heavy atom. The molecule has 0 heterocycles. The van der Waals surface area contributed by atoms with Crippen molar-refractivity contribution in [3.63, 3.8) is 0 Å². The van der Waals surface area contributed by atoms with Gasteiger partial charge in [0.05, 0.1) is 5.69 Å². The minimum absolute atomic E-state index is 0.717. The first-order valence-corrected chi connectivity index (χ1v) is 5.72. The lowest BCUT2D eigenvalue weighted by Gasteiger charge is -2.09. The summed E-state index contributed by atoms with van der Waals surface area (Å²) >= 11 is 6.95. The van der Waals surface area contributed by atoms with Crippen LogP contribution in [0.3, 0.4) is 0 Å². The first-order chi connectivity index (χ1) is 6.25. The highest BCUT2D eigenvalue weighted by molar-refractivity contribution is 9.11. The lowest BCUT2D eigenvalue weighted by atomic mass is 10.3. The number of anilines is 1. The number of para-hydroxylation sites is 1. The first kappa shape index (κ1) is 11.0. The third kappa shape index (κ3) is 3.29. The van der Waals surface area contributed by atoms with E-state index in [-0.39, 0.29) is 0 Å². The Morgan fingerprint density at radius 3 is 2.38 bits per heavy atom. The van der Waals surface area contributed by atoms with E-state index in [2.05, 4.69) is 37.2 Å². The van der Waals surface area contributed by atoms with Gasteiger partial charge in [-0.05, 0) is 57.0 Å². The molecule has 4 heteroatoms. The Labute approximate surface area is 95.2 Å². The van der Waals surface area contributed by atoms with E-state index in [1.807, 2.05) is 18.2 Å². The topological polar surface area (TPSA) is 38.0 Å². The van der Waals surface area contributed by atoms with E-state index >= 15 is 0 Å². The van der Waals surface area contributed by atoms with Crippen LogP contribution in [0.2, 0.25) is 0 Å². The summed E-state index contributed by atoms with van der Waals surface area (Å²) in [6, 6.07) is 6.01. The van der Waals surface area contributed by atoms with Crippen LogP contribution in [0.15, 0.2) is 27.1 Å². The van der Waals surface area contributed by atoms with Gasteiger partial charge in [-0.1, -0.05) is 6.07 Å². The zero-order valence-corrected chi connectivity index (χ0v) is 10.4. The molecule has 0 aromatic heterocycles. The monoisotopic (exact) mass is 306 g/mol. The van der Waals surface area contributed by atoms with Crippen molar-refractivity contribution in [1.82, 2.24) is 0 Å². The van der Waals surface area contributed by atoms with Crippen LogP contribution in [-0.2, 0) is 0 Å². The van der Waals surface area contributed by atoms with Gasteiger partial charge in [-0.3, -0.25) is 0 Å². The lowest BCUT2D eigenvalue weighted by molar-refractivity contribution is 0.873. The third-order valence-corrected chi connectivity index (χ3v) is 2.97. The van der Waals surface area contributed by atoms with Crippen LogP contribution in [0.1, 0.15) is 6.42 Å². The molecular formula is C9H12Br2N2. The lowest BCUT2D eigenvalue weighted by Crippen LogP contribution is -2.08. The van der Waals surface area contributed by atoms with E-state index < -0.39 is 0 Å². The number of halogens is 2. The molecule has 0 bridgehead atoms. The van der Waals surface area contributed by atoms with E-state index in [0.717, 1.165) is 34.1 Å². The molecule has 0 fully saturated rings. The molecular weight excluding hydrogens is 296 g/mol. The molecule has 0 saturated carbocycles. The quantitative estimate of drug-likeness (QED) is 0.839. The van der Waals surface area contributed by atoms with Crippen LogP contribution in [0.4, 0.5) is 5.69 Å². The molecule has 1 rings (SSSR count). The van der Waals surface area contributed by atoms with Crippen LogP contribution in [0, 0.1) is 0 Å². The summed E-state index contributed by atoms with van der Waals surface area (Å²) in [5.41, 5.74) is 6.50. The van der Waals surface area contributed by atoms with E-state index in [9.17, 15) is 0 Å². The fourth-order valence-electron chi connectivity index (χ4n) is 0.982. The minimum atomic E-state index is 0.717. The van der Waals surface area contributed by atoms with Crippen molar-refractivity contribution in [3.8, 4) is 0 Å². The van der Waals surface area contributed by atoms with Gasteiger partial charge in [0.15, 0.2) is 0 Å².